The Balaban J connectivity index is 0.00000243. The molecule has 0 aliphatic carbocycles. The number of hydrogen-bond acceptors (Lipinski definition) is 3. The molecule has 1 aliphatic heterocycles. The van der Waals surface area contributed by atoms with Crippen molar-refractivity contribution in [2.24, 2.45) is 0 Å². The average molecular weight is 373 g/mol. The van der Waals surface area contributed by atoms with Crippen LogP contribution in [0.1, 0.15) is 42.6 Å². The van der Waals surface area contributed by atoms with Gasteiger partial charge in [0, 0.05) is 49.0 Å². The second-order valence-corrected chi connectivity index (χ2v) is 6.74. The van der Waals surface area contributed by atoms with Crippen LogP contribution in [0.5, 0.6) is 0 Å². The van der Waals surface area contributed by atoms with Gasteiger partial charge in [0.25, 0.3) is 0 Å². The maximum absolute atomic E-state index is 12.5. The molecule has 140 valence electrons. The minimum absolute atomic E-state index is 0. The lowest BCUT2D eigenvalue weighted by atomic mass is 10.0. The SMILES string of the molecule is CCC(CC)N1CCN(c2ccc(C(=O)c3ccccc3)cc2)CC1.Cl. The van der Waals surface area contributed by atoms with Crippen LogP contribution in [0.3, 0.4) is 0 Å². The lowest BCUT2D eigenvalue weighted by molar-refractivity contribution is 0.103. The van der Waals surface area contributed by atoms with Gasteiger partial charge in [-0.3, -0.25) is 9.69 Å². The summed E-state index contributed by atoms with van der Waals surface area (Å²) >= 11 is 0. The predicted molar refractivity (Wildman–Crippen MR) is 112 cm³/mol. The fourth-order valence-electron chi connectivity index (χ4n) is 3.73. The maximum Gasteiger partial charge on any atom is 0.193 e. The number of hydrogen-bond donors (Lipinski definition) is 0. The van der Waals surface area contributed by atoms with Gasteiger partial charge < -0.3 is 4.90 Å². The molecule has 0 N–H and O–H groups in total. The molecule has 1 saturated heterocycles. The first kappa shape index (κ1) is 20.5. The van der Waals surface area contributed by atoms with Crippen molar-refractivity contribution in [1.29, 1.82) is 0 Å². The van der Waals surface area contributed by atoms with Crippen LogP contribution in [-0.2, 0) is 0 Å². The maximum atomic E-state index is 12.5. The number of benzene rings is 2. The highest BCUT2D eigenvalue weighted by molar-refractivity contribution is 6.09. The van der Waals surface area contributed by atoms with Gasteiger partial charge in [-0.1, -0.05) is 44.2 Å². The molecule has 0 unspecified atom stereocenters. The van der Waals surface area contributed by atoms with E-state index in [0.29, 0.717) is 6.04 Å². The van der Waals surface area contributed by atoms with Gasteiger partial charge in [-0.2, -0.15) is 0 Å². The van der Waals surface area contributed by atoms with Crippen molar-refractivity contribution in [2.75, 3.05) is 31.1 Å². The third kappa shape index (κ3) is 4.66. The summed E-state index contributed by atoms with van der Waals surface area (Å²) in [5.41, 5.74) is 2.72. The van der Waals surface area contributed by atoms with Gasteiger partial charge >= 0.3 is 0 Å². The monoisotopic (exact) mass is 372 g/mol. The van der Waals surface area contributed by atoms with Crippen LogP contribution in [0.4, 0.5) is 5.69 Å². The van der Waals surface area contributed by atoms with Gasteiger partial charge in [0.15, 0.2) is 5.78 Å². The quantitative estimate of drug-likeness (QED) is 0.689. The molecule has 3 nitrogen and oxygen atoms in total. The molecule has 2 aromatic rings. The summed E-state index contributed by atoms with van der Waals surface area (Å²) in [5.74, 6) is 0.0886. The van der Waals surface area contributed by atoms with E-state index < -0.39 is 0 Å². The molecule has 2 aromatic carbocycles. The van der Waals surface area contributed by atoms with Gasteiger partial charge in [0.2, 0.25) is 0 Å². The highest BCUT2D eigenvalue weighted by atomic mass is 35.5. The molecule has 0 spiro atoms. The first-order chi connectivity index (χ1) is 12.2. The topological polar surface area (TPSA) is 23.6 Å². The molecular weight excluding hydrogens is 344 g/mol. The zero-order valence-corrected chi connectivity index (χ0v) is 16.5. The number of nitrogens with zero attached hydrogens (tertiary/aromatic N) is 2. The summed E-state index contributed by atoms with van der Waals surface area (Å²) in [6, 6.07) is 18.3. The Bertz CT molecular complexity index is 675. The van der Waals surface area contributed by atoms with Crippen LogP contribution in [-0.4, -0.2) is 42.9 Å². The second kappa shape index (κ2) is 9.75. The van der Waals surface area contributed by atoms with Crippen LogP contribution < -0.4 is 4.90 Å². The van der Waals surface area contributed by atoms with Gasteiger partial charge in [0.1, 0.15) is 0 Å². The van der Waals surface area contributed by atoms with E-state index in [9.17, 15) is 4.79 Å². The van der Waals surface area contributed by atoms with Crippen LogP contribution in [0, 0.1) is 0 Å². The molecule has 4 heteroatoms. The minimum Gasteiger partial charge on any atom is -0.369 e. The first-order valence-electron chi connectivity index (χ1n) is 9.41. The summed E-state index contributed by atoms with van der Waals surface area (Å²) in [4.78, 5) is 17.5. The fraction of sp³-hybridized carbons (Fsp3) is 0.409. The van der Waals surface area contributed by atoms with Crippen molar-refractivity contribution in [1.82, 2.24) is 4.90 Å². The Morgan fingerprint density at radius 2 is 1.38 bits per heavy atom. The Morgan fingerprint density at radius 1 is 0.846 bits per heavy atom. The van der Waals surface area contributed by atoms with Crippen LogP contribution in [0.15, 0.2) is 54.6 Å². The number of rotatable bonds is 6. The van der Waals surface area contributed by atoms with E-state index >= 15 is 0 Å². The third-order valence-corrected chi connectivity index (χ3v) is 5.30. The number of anilines is 1. The van der Waals surface area contributed by atoms with E-state index in [1.807, 2.05) is 42.5 Å². The minimum atomic E-state index is 0. The standard InChI is InChI=1S/C22H28N2O.ClH/c1-3-20(4-2)23-14-16-24(17-15-23)21-12-10-19(11-13-21)22(25)18-8-6-5-7-9-18;/h5-13,20H,3-4,14-17H2,1-2H3;1H. The number of carbonyl (C=O) groups excluding carboxylic acids is 1. The Hall–Kier alpha value is -1.84. The molecule has 0 aromatic heterocycles. The largest absolute Gasteiger partial charge is 0.369 e. The van der Waals surface area contributed by atoms with E-state index in [2.05, 4.69) is 35.8 Å². The molecule has 3 rings (SSSR count). The predicted octanol–water partition coefficient (Wildman–Crippen LogP) is 4.65. The molecule has 1 heterocycles. The molecule has 0 radical (unpaired) electrons. The van der Waals surface area contributed by atoms with Gasteiger partial charge in [-0.15, -0.1) is 12.4 Å². The number of piperazine rings is 1. The number of halogens is 1. The molecule has 1 aliphatic rings. The Kier molecular flexibility index (Phi) is 7.67. The van der Waals surface area contributed by atoms with Crippen molar-refractivity contribution in [2.45, 2.75) is 32.7 Å². The molecule has 0 saturated carbocycles. The zero-order chi connectivity index (χ0) is 17.6. The van der Waals surface area contributed by atoms with Crippen LogP contribution >= 0.6 is 12.4 Å². The molecule has 0 bridgehead atoms. The van der Waals surface area contributed by atoms with Gasteiger partial charge in [0.05, 0.1) is 0 Å². The third-order valence-electron chi connectivity index (χ3n) is 5.30. The van der Waals surface area contributed by atoms with E-state index in [4.69, 9.17) is 0 Å². The Labute approximate surface area is 163 Å². The van der Waals surface area contributed by atoms with E-state index in [1.165, 1.54) is 18.5 Å². The lowest BCUT2D eigenvalue weighted by Gasteiger charge is -2.39. The first-order valence-corrected chi connectivity index (χ1v) is 9.41. The Morgan fingerprint density at radius 3 is 1.92 bits per heavy atom. The molecule has 0 atom stereocenters. The average Bonchev–Trinajstić information content (AvgIpc) is 2.70. The molecule has 26 heavy (non-hydrogen) atoms. The summed E-state index contributed by atoms with van der Waals surface area (Å²) in [5, 5.41) is 0. The van der Waals surface area contributed by atoms with Crippen LogP contribution in [0.25, 0.3) is 0 Å². The van der Waals surface area contributed by atoms with Gasteiger partial charge in [-0.25, -0.2) is 0 Å². The summed E-state index contributed by atoms with van der Waals surface area (Å²) in [6.45, 7) is 8.92. The van der Waals surface area contributed by atoms with Crippen molar-refractivity contribution < 1.29 is 4.79 Å². The fourth-order valence-corrected chi connectivity index (χ4v) is 3.73. The van der Waals surface area contributed by atoms with Crippen molar-refractivity contribution >= 4 is 23.9 Å². The summed E-state index contributed by atoms with van der Waals surface area (Å²) in [6.07, 6.45) is 2.46. The highest BCUT2D eigenvalue weighted by Crippen LogP contribution is 2.20. The van der Waals surface area contributed by atoms with Crippen molar-refractivity contribution in [3.05, 3.63) is 65.7 Å². The van der Waals surface area contributed by atoms with Crippen LogP contribution in [0.2, 0.25) is 0 Å². The normalized spacial score (nSPS) is 15.0. The molecule has 1 fully saturated rings. The summed E-state index contributed by atoms with van der Waals surface area (Å²) < 4.78 is 0. The smallest absolute Gasteiger partial charge is 0.193 e. The van der Waals surface area contributed by atoms with E-state index in [-0.39, 0.29) is 18.2 Å². The van der Waals surface area contributed by atoms with E-state index in [0.717, 1.165) is 37.3 Å². The highest BCUT2D eigenvalue weighted by Gasteiger charge is 2.22. The zero-order valence-electron chi connectivity index (χ0n) is 15.7. The molecule has 0 amide bonds. The summed E-state index contributed by atoms with van der Waals surface area (Å²) in [7, 11) is 0. The van der Waals surface area contributed by atoms with Crippen molar-refractivity contribution in [3.8, 4) is 0 Å². The second-order valence-electron chi connectivity index (χ2n) is 6.74. The van der Waals surface area contributed by atoms with Crippen molar-refractivity contribution in [3.63, 3.8) is 0 Å². The van der Waals surface area contributed by atoms with E-state index in [1.54, 1.807) is 0 Å². The molecular formula is C22H29ClN2O. The lowest BCUT2D eigenvalue weighted by Crippen LogP contribution is -2.50. The number of ketones is 1. The van der Waals surface area contributed by atoms with Gasteiger partial charge in [-0.05, 0) is 37.1 Å². The number of carbonyl (C=O) groups is 1.